The molecule has 4 aliphatic heterocycles. The highest BCUT2D eigenvalue weighted by molar-refractivity contribution is 4.83. The molecule has 0 radical (unpaired) electrons. The minimum Gasteiger partial charge on any atom is -0.304 e. The number of likely N-dealkylation sites (tertiary alicyclic amines) is 3. The van der Waals surface area contributed by atoms with E-state index in [-0.39, 0.29) is 0 Å². The second-order valence-corrected chi connectivity index (χ2v) is 18.9. The molecule has 0 unspecified atom stereocenters. The lowest BCUT2D eigenvalue weighted by atomic mass is 9.75. The van der Waals surface area contributed by atoms with Crippen molar-refractivity contribution in [3.05, 3.63) is 0 Å². The lowest BCUT2D eigenvalue weighted by Crippen LogP contribution is -2.53. The van der Waals surface area contributed by atoms with Crippen LogP contribution >= 0.6 is 0 Å². The van der Waals surface area contributed by atoms with Gasteiger partial charge in [-0.1, -0.05) is 54.4 Å². The van der Waals surface area contributed by atoms with Gasteiger partial charge >= 0.3 is 0 Å². The summed E-state index contributed by atoms with van der Waals surface area (Å²) in [5, 5.41) is 0. The lowest BCUT2D eigenvalue weighted by molar-refractivity contribution is 0.0648. The molecule has 4 fully saturated rings. The van der Waals surface area contributed by atoms with Gasteiger partial charge in [-0.05, 0) is 170 Å². The van der Waals surface area contributed by atoms with Gasteiger partial charge in [0.2, 0.25) is 0 Å². The second kappa shape index (κ2) is 20.5. The number of piperidine rings is 3. The van der Waals surface area contributed by atoms with E-state index in [1.165, 1.54) is 130 Å². The number of rotatable bonds is 3. The van der Waals surface area contributed by atoms with E-state index in [2.05, 4.69) is 128 Å². The van der Waals surface area contributed by atoms with Gasteiger partial charge in [-0.25, -0.2) is 0 Å². The van der Waals surface area contributed by atoms with Crippen molar-refractivity contribution in [2.24, 2.45) is 17.3 Å². The minimum absolute atomic E-state index is 0.361. The van der Waals surface area contributed by atoms with E-state index in [1.54, 1.807) is 0 Å². The lowest BCUT2D eigenvalue weighted by Gasteiger charge is -2.42. The number of hydrogen-bond donors (Lipinski definition) is 0. The highest BCUT2D eigenvalue weighted by Gasteiger charge is 2.29. The molecule has 0 N–H and O–H groups in total. The fraction of sp³-hybridized carbons (Fsp3) is 1.00. The highest BCUT2D eigenvalue weighted by Crippen LogP contribution is 2.34. The molecule has 0 aliphatic carbocycles. The van der Waals surface area contributed by atoms with E-state index in [0.29, 0.717) is 22.0 Å². The van der Waals surface area contributed by atoms with Crippen LogP contribution in [0.1, 0.15) is 155 Å². The summed E-state index contributed by atoms with van der Waals surface area (Å²) in [5.74, 6) is 1.95. The Morgan fingerprint density at radius 3 is 1.11 bits per heavy atom. The Bertz CT molecular complexity index is 657. The molecule has 4 rings (SSSR count). The molecule has 5 heteroatoms. The van der Waals surface area contributed by atoms with Crippen LogP contribution in [0.15, 0.2) is 0 Å². The van der Waals surface area contributed by atoms with Crippen molar-refractivity contribution in [1.82, 2.24) is 24.5 Å². The van der Waals surface area contributed by atoms with Crippen molar-refractivity contribution in [3.63, 3.8) is 0 Å². The summed E-state index contributed by atoms with van der Waals surface area (Å²) in [4.78, 5) is 12.8. The summed E-state index contributed by atoms with van der Waals surface area (Å²) in [5.41, 5.74) is 1.68. The standard InChI is InChI=1S/2C11H23N.C10H22N2.C9H19N/c1-5-12-8-6-10(7-9-12)11(2,3)4;1-5-10-6-8-12(9-7-10)11(2,3)4;1-5-11-6-8-12(9-7-11)10(2,3)4;1-9(2,3)10-7-5-4-6-8-10/h2*10H,5-9H2,1-4H3;5-9H2,1-4H3;4-8H2,1-3H3. The van der Waals surface area contributed by atoms with E-state index in [0.717, 1.165) is 11.8 Å². The maximum atomic E-state index is 2.61. The summed E-state index contributed by atoms with van der Waals surface area (Å²) in [6.45, 7) is 50.0. The molecule has 0 aromatic rings. The van der Waals surface area contributed by atoms with Crippen molar-refractivity contribution in [3.8, 4) is 0 Å². The van der Waals surface area contributed by atoms with E-state index in [4.69, 9.17) is 0 Å². The van der Waals surface area contributed by atoms with E-state index >= 15 is 0 Å². The summed E-state index contributed by atoms with van der Waals surface area (Å²) >= 11 is 0. The first-order valence-corrected chi connectivity index (χ1v) is 19.9. The van der Waals surface area contributed by atoms with Crippen LogP contribution in [0.5, 0.6) is 0 Å². The fourth-order valence-electron chi connectivity index (χ4n) is 7.43. The molecular weight excluding hydrogens is 562 g/mol. The van der Waals surface area contributed by atoms with Crippen LogP contribution in [0.3, 0.4) is 0 Å². The SMILES string of the molecule is CC(C)(C)N1CCCCC1.CCC1CCN(C(C)(C)C)CC1.CCN1CCC(C(C)(C)C)CC1.CCN1CCN(C(C)(C)C)CC1. The average Bonchev–Trinajstić information content (AvgIpc) is 3.01. The van der Waals surface area contributed by atoms with Crippen LogP contribution in [-0.2, 0) is 0 Å². The van der Waals surface area contributed by atoms with Crippen LogP contribution < -0.4 is 0 Å². The third-order valence-corrected chi connectivity index (χ3v) is 11.5. The molecule has 0 atom stereocenters. The largest absolute Gasteiger partial charge is 0.304 e. The van der Waals surface area contributed by atoms with E-state index < -0.39 is 0 Å². The monoisotopic (exact) mass is 650 g/mol. The van der Waals surface area contributed by atoms with Gasteiger partial charge in [0.25, 0.3) is 0 Å². The van der Waals surface area contributed by atoms with Crippen molar-refractivity contribution in [1.29, 1.82) is 0 Å². The third-order valence-electron chi connectivity index (χ3n) is 11.5. The second-order valence-electron chi connectivity index (χ2n) is 18.9. The smallest absolute Gasteiger partial charge is 0.0126 e. The van der Waals surface area contributed by atoms with Gasteiger partial charge in [0.1, 0.15) is 0 Å². The highest BCUT2D eigenvalue weighted by atomic mass is 15.3. The average molecular weight is 650 g/mol. The first-order valence-electron chi connectivity index (χ1n) is 19.9. The molecule has 0 aromatic heterocycles. The van der Waals surface area contributed by atoms with E-state index in [9.17, 15) is 0 Å². The first kappa shape index (κ1) is 43.8. The third kappa shape index (κ3) is 17.5. The molecule has 4 saturated heterocycles. The molecular formula is C41H87N5. The topological polar surface area (TPSA) is 16.2 Å². The Morgan fingerprint density at radius 1 is 0.413 bits per heavy atom. The van der Waals surface area contributed by atoms with Crippen molar-refractivity contribution >= 4 is 0 Å². The molecule has 0 amide bonds. The Hall–Kier alpha value is -0.200. The zero-order valence-electron chi connectivity index (χ0n) is 34.5. The van der Waals surface area contributed by atoms with Crippen LogP contribution in [0, 0.1) is 17.3 Å². The Morgan fingerprint density at radius 2 is 0.783 bits per heavy atom. The normalized spacial score (nSPS) is 23.0. The number of piperazine rings is 1. The Labute approximate surface area is 291 Å². The number of hydrogen-bond acceptors (Lipinski definition) is 5. The van der Waals surface area contributed by atoms with Crippen molar-refractivity contribution in [2.45, 2.75) is 172 Å². The Kier molecular flexibility index (Phi) is 19.5. The first-order chi connectivity index (χ1) is 21.2. The molecule has 0 saturated carbocycles. The number of nitrogens with zero attached hydrogens (tertiary/aromatic N) is 5. The zero-order valence-corrected chi connectivity index (χ0v) is 34.5. The summed E-state index contributed by atoms with van der Waals surface area (Å²) in [6.07, 6.45) is 11.2. The molecule has 276 valence electrons. The van der Waals surface area contributed by atoms with Crippen molar-refractivity contribution in [2.75, 3.05) is 78.5 Å². The van der Waals surface area contributed by atoms with Gasteiger partial charge in [-0.2, -0.15) is 0 Å². The van der Waals surface area contributed by atoms with Crippen LogP contribution in [0.2, 0.25) is 0 Å². The molecule has 46 heavy (non-hydrogen) atoms. The van der Waals surface area contributed by atoms with Crippen LogP contribution in [0.25, 0.3) is 0 Å². The fourth-order valence-corrected chi connectivity index (χ4v) is 7.43. The minimum atomic E-state index is 0.361. The van der Waals surface area contributed by atoms with Gasteiger partial charge in [0.15, 0.2) is 0 Å². The predicted octanol–water partition coefficient (Wildman–Crippen LogP) is 9.36. The molecule has 0 aromatic carbocycles. The van der Waals surface area contributed by atoms with Crippen LogP contribution in [0.4, 0.5) is 0 Å². The maximum absolute atomic E-state index is 2.61. The van der Waals surface area contributed by atoms with Crippen LogP contribution in [-0.4, -0.2) is 120 Å². The molecule has 4 aliphatic rings. The van der Waals surface area contributed by atoms with Gasteiger partial charge in [-0.15, -0.1) is 0 Å². The molecule has 4 heterocycles. The summed E-state index contributed by atoms with van der Waals surface area (Å²) in [7, 11) is 0. The molecule has 0 spiro atoms. The van der Waals surface area contributed by atoms with Gasteiger partial charge < -0.3 is 9.80 Å². The molecule has 0 bridgehead atoms. The van der Waals surface area contributed by atoms with E-state index in [1.807, 2.05) is 0 Å². The predicted molar refractivity (Wildman–Crippen MR) is 207 cm³/mol. The maximum Gasteiger partial charge on any atom is 0.0126 e. The quantitative estimate of drug-likeness (QED) is 0.302. The summed E-state index contributed by atoms with van der Waals surface area (Å²) in [6, 6.07) is 0. The Balaban J connectivity index is 0.000000307. The van der Waals surface area contributed by atoms with Crippen molar-refractivity contribution < 1.29 is 0 Å². The molecule has 5 nitrogen and oxygen atoms in total. The van der Waals surface area contributed by atoms with Gasteiger partial charge in [-0.3, -0.25) is 14.7 Å². The summed E-state index contributed by atoms with van der Waals surface area (Å²) < 4.78 is 0. The zero-order chi connectivity index (χ0) is 35.2. The number of likely N-dealkylation sites (N-methyl/N-ethyl adjacent to an activating group) is 1. The van der Waals surface area contributed by atoms with Gasteiger partial charge in [0.05, 0.1) is 0 Å². The van der Waals surface area contributed by atoms with Gasteiger partial charge in [0, 0.05) is 42.8 Å².